The van der Waals surface area contributed by atoms with Crippen molar-refractivity contribution in [3.05, 3.63) is 48.5 Å². The van der Waals surface area contributed by atoms with E-state index in [1.807, 2.05) is 49.0 Å². The summed E-state index contributed by atoms with van der Waals surface area (Å²) in [5, 5.41) is 0. The lowest BCUT2D eigenvalue weighted by atomic mass is 10.1. The number of aromatic nitrogens is 1. The van der Waals surface area contributed by atoms with Gasteiger partial charge in [-0.2, -0.15) is 0 Å². The summed E-state index contributed by atoms with van der Waals surface area (Å²) in [5.74, 6) is 0.877. The molecule has 0 saturated heterocycles. The van der Waals surface area contributed by atoms with E-state index in [4.69, 9.17) is 4.74 Å². The van der Waals surface area contributed by atoms with Gasteiger partial charge in [0.15, 0.2) is 6.20 Å². The van der Waals surface area contributed by atoms with E-state index in [2.05, 4.69) is 6.58 Å². The number of allylic oxidation sites excluding steroid dienone is 3. The highest BCUT2D eigenvalue weighted by Crippen LogP contribution is 2.16. The SMILES string of the molecule is C=CC(=C(C)OC)c1cccc[n+]1C. The molecule has 0 spiro atoms. The van der Waals surface area contributed by atoms with Gasteiger partial charge in [0, 0.05) is 12.1 Å². The fraction of sp³-hybridized carbons (Fsp3) is 0.250. The second-order valence-electron chi connectivity index (χ2n) is 3.07. The molecular weight excluding hydrogens is 174 g/mol. The van der Waals surface area contributed by atoms with Gasteiger partial charge in [-0.25, -0.2) is 4.57 Å². The van der Waals surface area contributed by atoms with Gasteiger partial charge in [-0.3, -0.25) is 0 Å². The highest BCUT2D eigenvalue weighted by Gasteiger charge is 2.11. The molecule has 1 heterocycles. The summed E-state index contributed by atoms with van der Waals surface area (Å²) in [5.41, 5.74) is 2.12. The predicted octanol–water partition coefficient (Wildman–Crippen LogP) is 2.07. The first kappa shape index (κ1) is 10.5. The van der Waals surface area contributed by atoms with E-state index < -0.39 is 0 Å². The Bertz CT molecular complexity index is 366. The van der Waals surface area contributed by atoms with Crippen molar-refractivity contribution in [2.75, 3.05) is 7.11 Å². The van der Waals surface area contributed by atoms with Crippen LogP contribution in [0.15, 0.2) is 42.8 Å². The topological polar surface area (TPSA) is 13.1 Å². The van der Waals surface area contributed by atoms with Gasteiger partial charge in [0.25, 0.3) is 0 Å². The molecule has 0 atom stereocenters. The van der Waals surface area contributed by atoms with E-state index in [-0.39, 0.29) is 0 Å². The number of hydrogen-bond donors (Lipinski definition) is 0. The van der Waals surface area contributed by atoms with Gasteiger partial charge in [0.2, 0.25) is 5.69 Å². The molecule has 0 aromatic carbocycles. The van der Waals surface area contributed by atoms with Crippen LogP contribution < -0.4 is 4.57 Å². The molecule has 0 N–H and O–H groups in total. The molecule has 0 radical (unpaired) electrons. The Kier molecular flexibility index (Phi) is 3.46. The van der Waals surface area contributed by atoms with Crippen molar-refractivity contribution in [3.8, 4) is 0 Å². The largest absolute Gasteiger partial charge is 0.501 e. The maximum Gasteiger partial charge on any atom is 0.215 e. The molecule has 2 nitrogen and oxygen atoms in total. The normalized spacial score (nSPS) is 11.9. The van der Waals surface area contributed by atoms with Crippen LogP contribution in [0.25, 0.3) is 5.57 Å². The molecule has 0 aliphatic carbocycles. The van der Waals surface area contributed by atoms with E-state index in [1.165, 1.54) is 0 Å². The number of rotatable bonds is 3. The molecule has 0 bridgehead atoms. The maximum absolute atomic E-state index is 5.21. The van der Waals surface area contributed by atoms with Crippen LogP contribution in [0.3, 0.4) is 0 Å². The van der Waals surface area contributed by atoms with Crippen molar-refractivity contribution in [1.82, 2.24) is 0 Å². The van der Waals surface area contributed by atoms with Gasteiger partial charge >= 0.3 is 0 Å². The van der Waals surface area contributed by atoms with Crippen LogP contribution in [0.2, 0.25) is 0 Å². The number of hydrogen-bond acceptors (Lipinski definition) is 1. The van der Waals surface area contributed by atoms with Crippen molar-refractivity contribution in [2.24, 2.45) is 7.05 Å². The third-order valence-electron chi connectivity index (χ3n) is 2.22. The molecule has 74 valence electrons. The van der Waals surface area contributed by atoms with Crippen molar-refractivity contribution in [2.45, 2.75) is 6.92 Å². The monoisotopic (exact) mass is 190 g/mol. The Hall–Kier alpha value is -1.57. The van der Waals surface area contributed by atoms with Crippen LogP contribution in [-0.4, -0.2) is 7.11 Å². The molecule has 0 aliphatic heterocycles. The lowest BCUT2D eigenvalue weighted by molar-refractivity contribution is -0.673. The first-order chi connectivity index (χ1) is 6.70. The Labute approximate surface area is 85.1 Å². The lowest BCUT2D eigenvalue weighted by Gasteiger charge is -2.05. The van der Waals surface area contributed by atoms with Gasteiger partial charge in [-0.05, 0) is 13.0 Å². The average Bonchev–Trinajstić information content (AvgIpc) is 2.21. The molecule has 1 aromatic heterocycles. The summed E-state index contributed by atoms with van der Waals surface area (Å²) in [6.45, 7) is 5.73. The number of pyridine rings is 1. The summed E-state index contributed by atoms with van der Waals surface area (Å²) in [6.07, 6.45) is 3.82. The van der Waals surface area contributed by atoms with Gasteiger partial charge in [-0.15, -0.1) is 0 Å². The first-order valence-corrected chi connectivity index (χ1v) is 4.53. The predicted molar refractivity (Wildman–Crippen MR) is 57.4 cm³/mol. The Balaban J connectivity index is 3.27. The van der Waals surface area contributed by atoms with Gasteiger partial charge < -0.3 is 4.74 Å². The Morgan fingerprint density at radius 2 is 2.21 bits per heavy atom. The fourth-order valence-corrected chi connectivity index (χ4v) is 1.34. The number of ether oxygens (including phenoxy) is 1. The zero-order valence-corrected chi connectivity index (χ0v) is 8.95. The van der Waals surface area contributed by atoms with E-state index >= 15 is 0 Å². The third kappa shape index (κ3) is 2.02. The van der Waals surface area contributed by atoms with E-state index in [0.29, 0.717) is 0 Å². The highest BCUT2D eigenvalue weighted by molar-refractivity contribution is 5.70. The van der Waals surface area contributed by atoms with E-state index in [9.17, 15) is 0 Å². The molecule has 1 aromatic rings. The number of methoxy groups -OCH3 is 1. The average molecular weight is 190 g/mol. The molecule has 1 rings (SSSR count). The van der Waals surface area contributed by atoms with Crippen molar-refractivity contribution >= 4 is 5.57 Å². The van der Waals surface area contributed by atoms with Gasteiger partial charge in [-0.1, -0.05) is 12.7 Å². The van der Waals surface area contributed by atoms with Crippen LogP contribution >= 0.6 is 0 Å². The van der Waals surface area contributed by atoms with E-state index in [1.54, 1.807) is 7.11 Å². The molecular formula is C12H16NO+. The van der Waals surface area contributed by atoms with Crippen LogP contribution in [0, 0.1) is 0 Å². The van der Waals surface area contributed by atoms with Crippen molar-refractivity contribution in [1.29, 1.82) is 0 Å². The molecule has 2 heteroatoms. The van der Waals surface area contributed by atoms with Crippen LogP contribution in [0.5, 0.6) is 0 Å². The molecule has 0 unspecified atom stereocenters. The summed E-state index contributed by atoms with van der Waals surface area (Å²) >= 11 is 0. The molecule has 0 saturated carbocycles. The summed E-state index contributed by atoms with van der Waals surface area (Å²) in [7, 11) is 3.67. The molecule has 0 amide bonds. The molecule has 0 fully saturated rings. The standard InChI is InChI=1S/C12H16NO/c1-5-11(10(2)14-4)12-8-6-7-9-13(12)3/h5-9H,1H2,2-4H3/q+1. The maximum atomic E-state index is 5.21. The first-order valence-electron chi connectivity index (χ1n) is 4.53. The third-order valence-corrected chi connectivity index (χ3v) is 2.22. The zero-order chi connectivity index (χ0) is 10.6. The van der Waals surface area contributed by atoms with Crippen LogP contribution in [-0.2, 0) is 11.8 Å². The van der Waals surface area contributed by atoms with Gasteiger partial charge in [0.05, 0.1) is 12.7 Å². The molecule has 14 heavy (non-hydrogen) atoms. The highest BCUT2D eigenvalue weighted by atomic mass is 16.5. The minimum absolute atomic E-state index is 0.877. The fourth-order valence-electron chi connectivity index (χ4n) is 1.34. The summed E-state index contributed by atoms with van der Waals surface area (Å²) < 4.78 is 7.25. The second-order valence-corrected chi connectivity index (χ2v) is 3.07. The summed E-state index contributed by atoms with van der Waals surface area (Å²) in [6, 6.07) is 6.04. The van der Waals surface area contributed by atoms with Crippen molar-refractivity contribution in [3.63, 3.8) is 0 Å². The Morgan fingerprint density at radius 3 is 2.71 bits per heavy atom. The molecule has 0 aliphatic rings. The minimum atomic E-state index is 0.877. The second kappa shape index (κ2) is 4.61. The van der Waals surface area contributed by atoms with E-state index in [0.717, 1.165) is 17.0 Å². The van der Waals surface area contributed by atoms with Crippen LogP contribution in [0.4, 0.5) is 0 Å². The smallest absolute Gasteiger partial charge is 0.215 e. The lowest BCUT2D eigenvalue weighted by Crippen LogP contribution is -2.32. The zero-order valence-electron chi connectivity index (χ0n) is 8.95. The quantitative estimate of drug-likeness (QED) is 0.404. The summed E-state index contributed by atoms with van der Waals surface area (Å²) in [4.78, 5) is 0. The van der Waals surface area contributed by atoms with Gasteiger partial charge in [0.1, 0.15) is 12.8 Å². The Morgan fingerprint density at radius 1 is 1.50 bits per heavy atom. The van der Waals surface area contributed by atoms with Crippen LogP contribution in [0.1, 0.15) is 12.6 Å². The number of aryl methyl sites for hydroxylation is 1. The van der Waals surface area contributed by atoms with Crippen molar-refractivity contribution < 1.29 is 9.30 Å². The number of nitrogens with zero attached hydrogens (tertiary/aromatic N) is 1. The minimum Gasteiger partial charge on any atom is -0.501 e.